The van der Waals surface area contributed by atoms with Crippen LogP contribution in [-0.2, 0) is 17.6 Å². The number of rotatable bonds is 1. The number of aryl methyl sites for hydroxylation is 1. The number of carbonyl (C=O) groups is 1. The number of hydrogen-bond acceptors (Lipinski definition) is 3. The maximum absolute atomic E-state index is 11.3. The Bertz CT molecular complexity index is 354. The van der Waals surface area contributed by atoms with Gasteiger partial charge in [-0.3, -0.25) is 0 Å². The van der Waals surface area contributed by atoms with Crippen molar-refractivity contribution < 1.29 is 9.53 Å². The average Bonchev–Trinajstić information content (AvgIpc) is 2.59. The molecule has 2 nitrogen and oxygen atoms in total. The van der Waals surface area contributed by atoms with Crippen molar-refractivity contribution in [2.75, 3.05) is 7.11 Å². The second-order valence-corrected chi connectivity index (χ2v) is 5.04. The van der Waals surface area contributed by atoms with Gasteiger partial charge in [0.1, 0.15) is 4.88 Å². The molecule has 1 aromatic heterocycles. The third-order valence-corrected chi connectivity index (χ3v) is 3.93. The van der Waals surface area contributed by atoms with Gasteiger partial charge in [0, 0.05) is 4.88 Å². The minimum Gasteiger partial charge on any atom is -0.465 e. The number of hydrogen-bond donors (Lipinski definition) is 0. The van der Waals surface area contributed by atoms with Crippen molar-refractivity contribution in [2.45, 2.75) is 26.2 Å². The van der Waals surface area contributed by atoms with Gasteiger partial charge < -0.3 is 4.74 Å². The Hall–Kier alpha value is -0.830. The molecule has 1 atom stereocenters. The highest BCUT2D eigenvalue weighted by Gasteiger charge is 2.20. The van der Waals surface area contributed by atoms with E-state index in [0.29, 0.717) is 0 Å². The fraction of sp³-hybridized carbons (Fsp3) is 0.545. The Morgan fingerprint density at radius 2 is 2.43 bits per heavy atom. The van der Waals surface area contributed by atoms with E-state index < -0.39 is 0 Å². The van der Waals surface area contributed by atoms with Crippen molar-refractivity contribution in [1.82, 2.24) is 0 Å². The monoisotopic (exact) mass is 210 g/mol. The fourth-order valence-electron chi connectivity index (χ4n) is 1.91. The van der Waals surface area contributed by atoms with Crippen LogP contribution in [0.15, 0.2) is 6.07 Å². The summed E-state index contributed by atoms with van der Waals surface area (Å²) in [5.41, 5.74) is 1.36. The molecular formula is C11H14O2S. The van der Waals surface area contributed by atoms with Crippen molar-refractivity contribution in [2.24, 2.45) is 5.92 Å². The Balaban J connectivity index is 2.27. The van der Waals surface area contributed by atoms with Crippen LogP contribution in [0.2, 0.25) is 0 Å². The predicted molar refractivity (Wildman–Crippen MR) is 56.8 cm³/mol. The van der Waals surface area contributed by atoms with Gasteiger partial charge in [0.05, 0.1) is 7.11 Å². The Morgan fingerprint density at radius 3 is 3.14 bits per heavy atom. The molecule has 0 aliphatic heterocycles. The molecule has 0 N–H and O–H groups in total. The van der Waals surface area contributed by atoms with Crippen LogP contribution in [-0.4, -0.2) is 13.1 Å². The smallest absolute Gasteiger partial charge is 0.348 e. The van der Waals surface area contributed by atoms with E-state index in [0.717, 1.165) is 23.6 Å². The first-order chi connectivity index (χ1) is 6.70. The van der Waals surface area contributed by atoms with E-state index in [-0.39, 0.29) is 5.97 Å². The van der Waals surface area contributed by atoms with Crippen LogP contribution in [0, 0.1) is 5.92 Å². The van der Waals surface area contributed by atoms with Crippen LogP contribution >= 0.6 is 11.3 Å². The van der Waals surface area contributed by atoms with E-state index in [9.17, 15) is 4.79 Å². The van der Waals surface area contributed by atoms with E-state index in [4.69, 9.17) is 4.74 Å². The van der Waals surface area contributed by atoms with E-state index in [2.05, 4.69) is 6.92 Å². The van der Waals surface area contributed by atoms with Gasteiger partial charge in [0.2, 0.25) is 0 Å². The molecule has 0 radical (unpaired) electrons. The molecule has 0 spiro atoms. The Labute approximate surface area is 87.9 Å². The molecule has 2 rings (SSSR count). The lowest BCUT2D eigenvalue weighted by molar-refractivity contribution is 0.0606. The third-order valence-electron chi connectivity index (χ3n) is 2.72. The number of methoxy groups -OCH3 is 1. The summed E-state index contributed by atoms with van der Waals surface area (Å²) in [6, 6.07) is 2.00. The third kappa shape index (κ3) is 1.69. The summed E-state index contributed by atoms with van der Waals surface area (Å²) in [6.07, 6.45) is 3.48. The summed E-state index contributed by atoms with van der Waals surface area (Å²) >= 11 is 1.60. The number of ether oxygens (including phenoxy) is 1. The van der Waals surface area contributed by atoms with Crippen LogP contribution in [0.25, 0.3) is 0 Å². The number of esters is 1. The maximum atomic E-state index is 11.3. The normalized spacial score (nSPS) is 20.3. The lowest BCUT2D eigenvalue weighted by atomic mass is 9.90. The zero-order chi connectivity index (χ0) is 10.1. The summed E-state index contributed by atoms with van der Waals surface area (Å²) in [5, 5.41) is 0. The van der Waals surface area contributed by atoms with Crippen molar-refractivity contribution in [1.29, 1.82) is 0 Å². The van der Waals surface area contributed by atoms with Gasteiger partial charge in [-0.1, -0.05) is 6.92 Å². The van der Waals surface area contributed by atoms with Crippen molar-refractivity contribution in [3.05, 3.63) is 21.4 Å². The van der Waals surface area contributed by atoms with Crippen LogP contribution < -0.4 is 0 Å². The van der Waals surface area contributed by atoms with E-state index >= 15 is 0 Å². The van der Waals surface area contributed by atoms with Gasteiger partial charge in [0.15, 0.2) is 0 Å². The number of carbonyl (C=O) groups excluding carboxylic acids is 1. The molecule has 0 amide bonds. The van der Waals surface area contributed by atoms with E-state index in [1.807, 2.05) is 6.07 Å². The minimum atomic E-state index is -0.197. The highest BCUT2D eigenvalue weighted by atomic mass is 32.1. The molecule has 76 valence electrons. The van der Waals surface area contributed by atoms with Crippen LogP contribution in [0.1, 0.15) is 33.5 Å². The Kier molecular flexibility index (Phi) is 2.59. The maximum Gasteiger partial charge on any atom is 0.348 e. The first-order valence-electron chi connectivity index (χ1n) is 4.90. The molecule has 1 aromatic rings. The summed E-state index contributed by atoms with van der Waals surface area (Å²) in [6.45, 7) is 2.26. The van der Waals surface area contributed by atoms with Gasteiger partial charge in [0.25, 0.3) is 0 Å². The largest absolute Gasteiger partial charge is 0.465 e. The molecule has 1 aliphatic carbocycles. The lowest BCUT2D eigenvalue weighted by Gasteiger charge is -2.16. The molecular weight excluding hydrogens is 196 g/mol. The molecule has 14 heavy (non-hydrogen) atoms. The molecule has 0 fully saturated rings. The van der Waals surface area contributed by atoms with Crippen LogP contribution in [0.4, 0.5) is 0 Å². The molecule has 0 saturated heterocycles. The van der Waals surface area contributed by atoms with E-state index in [1.165, 1.54) is 24.0 Å². The number of fused-ring (bicyclic) bond motifs is 1. The zero-order valence-electron chi connectivity index (χ0n) is 8.50. The van der Waals surface area contributed by atoms with E-state index in [1.54, 1.807) is 11.3 Å². The topological polar surface area (TPSA) is 26.3 Å². The average molecular weight is 210 g/mol. The molecule has 3 heteroatoms. The van der Waals surface area contributed by atoms with Gasteiger partial charge in [-0.25, -0.2) is 4.79 Å². The van der Waals surface area contributed by atoms with Crippen molar-refractivity contribution >= 4 is 17.3 Å². The molecule has 1 heterocycles. The highest BCUT2D eigenvalue weighted by Crippen LogP contribution is 2.32. The van der Waals surface area contributed by atoms with Crippen LogP contribution in [0.5, 0.6) is 0 Å². The standard InChI is InChI=1S/C11H14O2S/c1-7-3-4-9-8(5-7)6-10(14-9)11(12)13-2/h6-7H,3-5H2,1-2H3/t7-/m1/s1. The SMILES string of the molecule is COC(=O)c1cc2c(s1)CC[C@@H](C)C2. The van der Waals surface area contributed by atoms with Gasteiger partial charge >= 0.3 is 5.97 Å². The summed E-state index contributed by atoms with van der Waals surface area (Å²) in [5.74, 6) is 0.555. The van der Waals surface area contributed by atoms with Gasteiger partial charge in [-0.15, -0.1) is 11.3 Å². The first kappa shape index (κ1) is 9.71. The van der Waals surface area contributed by atoms with Crippen molar-refractivity contribution in [3.8, 4) is 0 Å². The Morgan fingerprint density at radius 1 is 1.64 bits per heavy atom. The second-order valence-electron chi connectivity index (χ2n) is 3.90. The molecule has 0 unspecified atom stereocenters. The summed E-state index contributed by atoms with van der Waals surface area (Å²) in [4.78, 5) is 13.4. The fourth-order valence-corrected chi connectivity index (χ4v) is 3.03. The highest BCUT2D eigenvalue weighted by molar-refractivity contribution is 7.14. The first-order valence-corrected chi connectivity index (χ1v) is 5.72. The number of thiophene rings is 1. The lowest BCUT2D eigenvalue weighted by Crippen LogP contribution is -2.08. The summed E-state index contributed by atoms with van der Waals surface area (Å²) < 4.78 is 4.71. The predicted octanol–water partition coefficient (Wildman–Crippen LogP) is 2.66. The summed E-state index contributed by atoms with van der Waals surface area (Å²) in [7, 11) is 1.43. The van der Waals surface area contributed by atoms with Gasteiger partial charge in [-0.2, -0.15) is 0 Å². The molecule has 0 bridgehead atoms. The minimum absolute atomic E-state index is 0.197. The molecule has 1 aliphatic rings. The molecule has 0 aromatic carbocycles. The quantitative estimate of drug-likeness (QED) is 0.666. The zero-order valence-corrected chi connectivity index (χ0v) is 9.32. The molecule has 0 saturated carbocycles. The second kappa shape index (κ2) is 3.73. The van der Waals surface area contributed by atoms with Gasteiger partial charge in [-0.05, 0) is 36.8 Å². The van der Waals surface area contributed by atoms with Crippen molar-refractivity contribution in [3.63, 3.8) is 0 Å². The van der Waals surface area contributed by atoms with Crippen LogP contribution in [0.3, 0.4) is 0 Å².